The fraction of sp³-hybridized carbons (Fsp3) is 0.269. The van der Waals surface area contributed by atoms with Crippen LogP contribution in [0.1, 0.15) is 30.2 Å². The van der Waals surface area contributed by atoms with E-state index in [1.54, 1.807) is 12.1 Å². The smallest absolute Gasteiger partial charge is 0.310 e. The van der Waals surface area contributed by atoms with Crippen LogP contribution in [0.4, 0.5) is 4.39 Å². The van der Waals surface area contributed by atoms with E-state index in [2.05, 4.69) is 0 Å². The lowest BCUT2D eigenvalue weighted by Crippen LogP contribution is -2.14. The predicted octanol–water partition coefficient (Wildman–Crippen LogP) is 5.28. The molecule has 6 nitrogen and oxygen atoms in total. The fourth-order valence-electron chi connectivity index (χ4n) is 4.09. The van der Waals surface area contributed by atoms with Crippen LogP contribution < -0.4 is 0 Å². The summed E-state index contributed by atoms with van der Waals surface area (Å²) in [4.78, 5) is 37.8. The van der Waals surface area contributed by atoms with Crippen LogP contribution >= 0.6 is 7.37 Å². The van der Waals surface area contributed by atoms with Crippen LogP contribution in [0.2, 0.25) is 0 Å². The lowest BCUT2D eigenvalue weighted by molar-refractivity contribution is -0.139. The SMILES string of the molecule is CCc1nc(-c2ccccc2)c(C)c(-c2ccc(F)cc2)c1CCP(=O)(O)CC(=O)CC(=O)O. The summed E-state index contributed by atoms with van der Waals surface area (Å²) in [5.74, 6) is -2.47. The number of hydrogen-bond acceptors (Lipinski definition) is 4. The molecule has 1 aromatic heterocycles. The van der Waals surface area contributed by atoms with Crippen molar-refractivity contribution in [3.05, 3.63) is 77.2 Å². The lowest BCUT2D eigenvalue weighted by atomic mass is 9.89. The first-order chi connectivity index (χ1) is 16.1. The normalized spacial score (nSPS) is 12.8. The van der Waals surface area contributed by atoms with E-state index in [0.29, 0.717) is 6.42 Å². The molecule has 3 rings (SSSR count). The van der Waals surface area contributed by atoms with Crippen molar-refractivity contribution in [2.75, 3.05) is 12.3 Å². The van der Waals surface area contributed by atoms with Gasteiger partial charge in [0.05, 0.1) is 11.9 Å². The molecule has 0 amide bonds. The van der Waals surface area contributed by atoms with Crippen molar-refractivity contribution < 1.29 is 28.5 Å². The Bertz CT molecular complexity index is 1240. The van der Waals surface area contributed by atoms with Gasteiger partial charge in [-0.05, 0) is 54.2 Å². The third-order valence-electron chi connectivity index (χ3n) is 5.63. The highest BCUT2D eigenvalue weighted by Gasteiger charge is 2.26. The van der Waals surface area contributed by atoms with E-state index in [4.69, 9.17) is 10.1 Å². The average molecular weight is 483 g/mol. The van der Waals surface area contributed by atoms with Gasteiger partial charge in [-0.1, -0.05) is 49.4 Å². The molecular formula is C26H27FNO5P. The minimum absolute atomic E-state index is 0.174. The largest absolute Gasteiger partial charge is 0.481 e. The molecule has 1 heterocycles. The van der Waals surface area contributed by atoms with Crippen molar-refractivity contribution in [3.8, 4) is 22.4 Å². The molecule has 0 radical (unpaired) electrons. The number of hydrogen-bond donors (Lipinski definition) is 2. The van der Waals surface area contributed by atoms with Gasteiger partial charge in [-0.15, -0.1) is 0 Å². The maximum absolute atomic E-state index is 13.7. The molecule has 0 saturated carbocycles. The quantitative estimate of drug-likeness (QED) is 0.300. The van der Waals surface area contributed by atoms with Crippen LogP contribution in [0.5, 0.6) is 0 Å². The molecule has 2 N–H and O–H groups in total. The summed E-state index contributed by atoms with van der Waals surface area (Å²) < 4.78 is 26.4. The van der Waals surface area contributed by atoms with Crippen LogP contribution in [-0.2, 0) is 27.0 Å². The van der Waals surface area contributed by atoms with Gasteiger partial charge in [0.15, 0.2) is 5.78 Å². The van der Waals surface area contributed by atoms with Gasteiger partial charge in [0.25, 0.3) is 0 Å². The van der Waals surface area contributed by atoms with Crippen molar-refractivity contribution in [1.82, 2.24) is 4.98 Å². The van der Waals surface area contributed by atoms with Gasteiger partial charge >= 0.3 is 5.97 Å². The van der Waals surface area contributed by atoms with Gasteiger partial charge in [0, 0.05) is 17.4 Å². The van der Waals surface area contributed by atoms with E-state index in [1.807, 2.05) is 44.2 Å². The number of ketones is 1. The average Bonchev–Trinajstić information content (AvgIpc) is 2.78. The number of aromatic nitrogens is 1. The van der Waals surface area contributed by atoms with Crippen LogP contribution in [0.3, 0.4) is 0 Å². The minimum Gasteiger partial charge on any atom is -0.481 e. The molecule has 178 valence electrons. The Morgan fingerprint density at radius 1 is 1.03 bits per heavy atom. The predicted molar refractivity (Wildman–Crippen MR) is 130 cm³/mol. The van der Waals surface area contributed by atoms with Crippen molar-refractivity contribution in [3.63, 3.8) is 0 Å². The molecule has 0 fully saturated rings. The first-order valence-corrected chi connectivity index (χ1v) is 13.0. The number of carboxylic acid groups (broad SMARTS) is 1. The molecule has 2 aromatic carbocycles. The number of Topliss-reactive ketones (excluding diaryl/α,β-unsaturated/α-hetero) is 1. The second-order valence-corrected chi connectivity index (χ2v) is 10.7. The number of carboxylic acids is 1. The Labute approximate surface area is 198 Å². The molecule has 1 unspecified atom stereocenters. The molecule has 8 heteroatoms. The number of rotatable bonds is 10. The number of benzene rings is 2. The van der Waals surface area contributed by atoms with E-state index in [1.165, 1.54) is 12.1 Å². The van der Waals surface area contributed by atoms with E-state index < -0.39 is 31.7 Å². The number of carbonyl (C=O) groups is 2. The van der Waals surface area contributed by atoms with E-state index >= 15 is 0 Å². The molecule has 0 aliphatic rings. The Balaban J connectivity index is 2.07. The Morgan fingerprint density at radius 3 is 2.26 bits per heavy atom. The molecule has 0 aliphatic heterocycles. The number of halogens is 1. The summed E-state index contributed by atoms with van der Waals surface area (Å²) in [7, 11) is -3.91. The molecule has 0 spiro atoms. The zero-order chi connectivity index (χ0) is 24.9. The number of aliphatic carboxylic acids is 1. The van der Waals surface area contributed by atoms with Crippen molar-refractivity contribution in [2.45, 2.75) is 33.1 Å². The molecular weight excluding hydrogens is 456 g/mol. The second-order valence-electron chi connectivity index (χ2n) is 8.20. The van der Waals surface area contributed by atoms with Gasteiger partial charge in [0.1, 0.15) is 12.2 Å². The van der Waals surface area contributed by atoms with Gasteiger partial charge in [0.2, 0.25) is 7.37 Å². The summed E-state index contributed by atoms with van der Waals surface area (Å²) in [5.41, 5.74) is 5.67. The molecule has 0 bridgehead atoms. The van der Waals surface area contributed by atoms with Crippen LogP contribution in [0, 0.1) is 12.7 Å². The molecule has 0 aliphatic carbocycles. The molecule has 0 saturated heterocycles. The Kier molecular flexibility index (Phi) is 8.13. The Morgan fingerprint density at radius 2 is 1.68 bits per heavy atom. The van der Waals surface area contributed by atoms with Crippen molar-refractivity contribution in [1.29, 1.82) is 0 Å². The third kappa shape index (κ3) is 6.25. The second kappa shape index (κ2) is 10.9. The van der Waals surface area contributed by atoms with E-state index in [-0.39, 0.29) is 18.4 Å². The first kappa shape index (κ1) is 25.5. The summed E-state index contributed by atoms with van der Waals surface area (Å²) >= 11 is 0. The zero-order valence-corrected chi connectivity index (χ0v) is 20.0. The van der Waals surface area contributed by atoms with Crippen molar-refractivity contribution in [2.24, 2.45) is 0 Å². The minimum atomic E-state index is -3.91. The highest BCUT2D eigenvalue weighted by atomic mass is 31.2. The van der Waals surface area contributed by atoms with E-state index in [9.17, 15) is 23.4 Å². The molecule has 3 aromatic rings. The number of pyridine rings is 1. The monoisotopic (exact) mass is 483 g/mol. The maximum atomic E-state index is 13.7. The standard InChI is InChI=1S/C26H27FNO5P/c1-3-23-22(13-14-34(32,33)16-21(29)15-24(30)31)25(18-9-11-20(27)12-10-18)17(2)26(28-23)19-7-5-4-6-8-19/h4-12H,3,13-16H2,1-2H3,(H,30,31)(H,32,33). The fourth-order valence-corrected chi connectivity index (χ4v) is 5.48. The van der Waals surface area contributed by atoms with Gasteiger partial charge in [-0.25, -0.2) is 4.39 Å². The van der Waals surface area contributed by atoms with E-state index in [0.717, 1.165) is 39.2 Å². The van der Waals surface area contributed by atoms with Crippen LogP contribution in [0.25, 0.3) is 22.4 Å². The molecule has 1 atom stereocenters. The number of aryl methyl sites for hydroxylation is 1. The molecule has 34 heavy (non-hydrogen) atoms. The Hall–Kier alpha value is -3.15. The summed E-state index contributed by atoms with van der Waals surface area (Å²) in [6.45, 7) is 3.87. The number of carbonyl (C=O) groups excluding carboxylic acids is 1. The van der Waals surface area contributed by atoms with Crippen molar-refractivity contribution >= 4 is 19.1 Å². The first-order valence-electron chi connectivity index (χ1n) is 11.0. The zero-order valence-electron chi connectivity index (χ0n) is 19.1. The van der Waals surface area contributed by atoms with Gasteiger partial charge in [-0.3, -0.25) is 19.1 Å². The summed E-state index contributed by atoms with van der Waals surface area (Å²) in [5, 5.41) is 8.76. The summed E-state index contributed by atoms with van der Waals surface area (Å²) in [6.07, 6.45) is -0.908. The topological polar surface area (TPSA) is 105 Å². The van der Waals surface area contributed by atoms with Gasteiger partial charge in [-0.2, -0.15) is 0 Å². The third-order valence-corrected chi connectivity index (χ3v) is 7.39. The van der Waals surface area contributed by atoms with Gasteiger partial charge < -0.3 is 10.00 Å². The number of nitrogens with zero attached hydrogens (tertiary/aromatic N) is 1. The van der Waals surface area contributed by atoms with Crippen LogP contribution in [-0.4, -0.2) is 39.1 Å². The van der Waals surface area contributed by atoms with Crippen LogP contribution in [0.15, 0.2) is 54.6 Å². The lowest BCUT2D eigenvalue weighted by Gasteiger charge is -2.21. The maximum Gasteiger partial charge on any atom is 0.310 e. The highest BCUT2D eigenvalue weighted by Crippen LogP contribution is 2.43. The highest BCUT2D eigenvalue weighted by molar-refractivity contribution is 7.59. The summed E-state index contributed by atoms with van der Waals surface area (Å²) in [6, 6.07) is 15.8.